The second-order valence-electron chi connectivity index (χ2n) is 7.99. The predicted molar refractivity (Wildman–Crippen MR) is 112 cm³/mol. The van der Waals surface area contributed by atoms with Crippen LogP contribution in [0.4, 0.5) is 0 Å². The third-order valence-electron chi connectivity index (χ3n) is 6.49. The lowest BCUT2D eigenvalue weighted by atomic mass is 9.95. The molecule has 2 aromatic rings. The fraction of sp³-hybridized carbons (Fsp3) is 0.417. The average molecular weight is 410 g/mol. The minimum absolute atomic E-state index is 0.0608. The maximum atomic E-state index is 12.2. The van der Waals surface area contributed by atoms with Gasteiger partial charge in [0.15, 0.2) is 17.3 Å². The number of carboxylic acids is 1. The monoisotopic (exact) mass is 410 g/mol. The average Bonchev–Trinajstić information content (AvgIpc) is 3.38. The zero-order valence-corrected chi connectivity index (χ0v) is 17.5. The molecule has 2 aliphatic carbocycles. The number of ketones is 1. The summed E-state index contributed by atoms with van der Waals surface area (Å²) in [5.41, 5.74) is 2.54. The van der Waals surface area contributed by atoms with Crippen molar-refractivity contribution in [3.8, 4) is 28.4 Å². The van der Waals surface area contributed by atoms with Crippen LogP contribution in [0, 0.1) is 11.3 Å². The standard InChI is InChI=1S/C24H26O6/c1-4-14-12-24(14,23(26)27)13-30-21-18(9-11-20(28-2)22(21)29-3)15-6-5-7-17-16(15)8-10-19(17)25/h5-7,9,11,14H,4,8,10,12-13H2,1-3H3,(H,26,27). The molecule has 2 aromatic carbocycles. The molecule has 1 saturated carbocycles. The number of methoxy groups -OCH3 is 2. The molecule has 0 radical (unpaired) electrons. The number of fused-ring (bicyclic) bond motifs is 1. The van der Waals surface area contributed by atoms with E-state index in [0.717, 1.165) is 28.7 Å². The van der Waals surface area contributed by atoms with Gasteiger partial charge in [0.1, 0.15) is 12.0 Å². The topological polar surface area (TPSA) is 82.1 Å². The number of hydrogen-bond acceptors (Lipinski definition) is 5. The Bertz CT molecular complexity index is 1010. The number of benzene rings is 2. The Morgan fingerprint density at radius 1 is 1.07 bits per heavy atom. The molecular weight excluding hydrogens is 384 g/mol. The molecule has 158 valence electrons. The predicted octanol–water partition coefficient (Wildman–Crippen LogP) is 4.38. The summed E-state index contributed by atoms with van der Waals surface area (Å²) in [6.07, 6.45) is 2.58. The van der Waals surface area contributed by atoms with Crippen LogP contribution in [-0.2, 0) is 11.2 Å². The summed E-state index contributed by atoms with van der Waals surface area (Å²) in [4.78, 5) is 24.1. The number of aliphatic carboxylic acids is 1. The first kappa shape index (κ1) is 20.3. The SMILES string of the molecule is CCC1CC1(COc1c(-c2cccc3c2CCC3=O)ccc(OC)c1OC)C(=O)O. The molecular formula is C24H26O6. The van der Waals surface area contributed by atoms with Gasteiger partial charge in [-0.1, -0.05) is 31.5 Å². The third kappa shape index (κ3) is 3.11. The Balaban J connectivity index is 1.80. The molecule has 0 amide bonds. The first-order chi connectivity index (χ1) is 14.5. The van der Waals surface area contributed by atoms with Crippen molar-refractivity contribution in [1.29, 1.82) is 0 Å². The van der Waals surface area contributed by atoms with Gasteiger partial charge in [0.05, 0.1) is 14.2 Å². The van der Waals surface area contributed by atoms with Crippen LogP contribution in [0.15, 0.2) is 30.3 Å². The summed E-state index contributed by atoms with van der Waals surface area (Å²) in [5, 5.41) is 9.78. The van der Waals surface area contributed by atoms with Gasteiger partial charge in [-0.15, -0.1) is 0 Å². The zero-order valence-electron chi connectivity index (χ0n) is 17.5. The molecule has 1 N–H and O–H groups in total. The van der Waals surface area contributed by atoms with Crippen molar-refractivity contribution < 1.29 is 28.9 Å². The molecule has 6 heteroatoms. The van der Waals surface area contributed by atoms with Crippen molar-refractivity contribution >= 4 is 11.8 Å². The van der Waals surface area contributed by atoms with Crippen LogP contribution >= 0.6 is 0 Å². The van der Waals surface area contributed by atoms with Crippen molar-refractivity contribution in [3.63, 3.8) is 0 Å². The number of ether oxygens (including phenoxy) is 3. The maximum Gasteiger partial charge on any atom is 0.313 e. The normalized spacial score (nSPS) is 21.8. The summed E-state index contributed by atoms with van der Waals surface area (Å²) in [7, 11) is 3.08. The Hall–Kier alpha value is -3.02. The lowest BCUT2D eigenvalue weighted by Crippen LogP contribution is -2.25. The van der Waals surface area contributed by atoms with E-state index in [1.807, 2.05) is 31.2 Å². The highest BCUT2D eigenvalue weighted by atomic mass is 16.5. The minimum Gasteiger partial charge on any atom is -0.493 e. The van der Waals surface area contributed by atoms with Gasteiger partial charge in [0.2, 0.25) is 5.75 Å². The molecule has 0 spiro atoms. The van der Waals surface area contributed by atoms with E-state index in [9.17, 15) is 14.7 Å². The molecule has 2 unspecified atom stereocenters. The summed E-state index contributed by atoms with van der Waals surface area (Å²) < 4.78 is 17.2. The number of carbonyl (C=O) groups excluding carboxylic acids is 1. The van der Waals surface area contributed by atoms with Crippen molar-refractivity contribution in [3.05, 3.63) is 41.5 Å². The van der Waals surface area contributed by atoms with Gasteiger partial charge >= 0.3 is 5.97 Å². The lowest BCUT2D eigenvalue weighted by molar-refractivity contribution is -0.145. The molecule has 0 bridgehead atoms. The van der Waals surface area contributed by atoms with Crippen LogP contribution in [0.2, 0.25) is 0 Å². The fourth-order valence-electron chi connectivity index (χ4n) is 4.61. The Morgan fingerprint density at radius 2 is 1.83 bits per heavy atom. The van der Waals surface area contributed by atoms with Crippen LogP contribution in [0.25, 0.3) is 11.1 Å². The number of carboxylic acid groups (broad SMARTS) is 1. The number of rotatable bonds is 8. The zero-order chi connectivity index (χ0) is 21.5. The van der Waals surface area contributed by atoms with Crippen LogP contribution in [-0.4, -0.2) is 37.7 Å². The first-order valence-corrected chi connectivity index (χ1v) is 10.2. The fourth-order valence-corrected chi connectivity index (χ4v) is 4.61. The van der Waals surface area contributed by atoms with Gasteiger partial charge in [-0.25, -0.2) is 0 Å². The van der Waals surface area contributed by atoms with Gasteiger partial charge in [-0.3, -0.25) is 9.59 Å². The van der Waals surface area contributed by atoms with Gasteiger partial charge in [-0.05, 0) is 42.0 Å². The molecule has 2 aliphatic rings. The van der Waals surface area contributed by atoms with E-state index in [2.05, 4.69) is 0 Å². The largest absolute Gasteiger partial charge is 0.493 e. The van der Waals surface area contributed by atoms with Crippen LogP contribution in [0.3, 0.4) is 0 Å². The van der Waals surface area contributed by atoms with Crippen molar-refractivity contribution in [2.75, 3.05) is 20.8 Å². The highest BCUT2D eigenvalue weighted by molar-refractivity contribution is 6.02. The highest BCUT2D eigenvalue weighted by Crippen LogP contribution is 2.56. The second kappa shape index (κ2) is 7.67. The van der Waals surface area contributed by atoms with Crippen molar-refractivity contribution in [2.45, 2.75) is 32.6 Å². The van der Waals surface area contributed by atoms with Gasteiger partial charge in [-0.2, -0.15) is 0 Å². The quantitative estimate of drug-likeness (QED) is 0.696. The van der Waals surface area contributed by atoms with Crippen molar-refractivity contribution in [2.24, 2.45) is 11.3 Å². The molecule has 30 heavy (non-hydrogen) atoms. The van der Waals surface area contributed by atoms with Crippen LogP contribution < -0.4 is 14.2 Å². The maximum absolute atomic E-state index is 12.2. The minimum atomic E-state index is -0.866. The molecule has 0 aromatic heterocycles. The molecule has 0 aliphatic heterocycles. The van der Waals surface area contributed by atoms with Crippen LogP contribution in [0.1, 0.15) is 42.1 Å². The lowest BCUT2D eigenvalue weighted by Gasteiger charge is -2.21. The number of hydrogen-bond donors (Lipinski definition) is 1. The second-order valence-corrected chi connectivity index (χ2v) is 7.99. The molecule has 1 fully saturated rings. The van der Waals surface area contributed by atoms with E-state index in [4.69, 9.17) is 14.2 Å². The van der Waals surface area contributed by atoms with Crippen LogP contribution in [0.5, 0.6) is 17.2 Å². The molecule has 6 nitrogen and oxygen atoms in total. The van der Waals surface area contributed by atoms with E-state index in [1.165, 1.54) is 7.11 Å². The molecule has 0 heterocycles. The Kier molecular flexibility index (Phi) is 5.18. The highest BCUT2D eigenvalue weighted by Gasteiger charge is 2.60. The van der Waals surface area contributed by atoms with E-state index < -0.39 is 11.4 Å². The smallest absolute Gasteiger partial charge is 0.313 e. The Morgan fingerprint density at radius 3 is 2.47 bits per heavy atom. The van der Waals surface area contributed by atoms with Crippen molar-refractivity contribution in [1.82, 2.24) is 0 Å². The van der Waals surface area contributed by atoms with E-state index in [0.29, 0.717) is 36.5 Å². The summed E-state index contributed by atoms with van der Waals surface area (Å²) in [6, 6.07) is 9.36. The summed E-state index contributed by atoms with van der Waals surface area (Å²) >= 11 is 0. The first-order valence-electron chi connectivity index (χ1n) is 10.2. The van der Waals surface area contributed by atoms with Gasteiger partial charge < -0.3 is 19.3 Å². The van der Waals surface area contributed by atoms with Gasteiger partial charge in [0, 0.05) is 17.5 Å². The third-order valence-corrected chi connectivity index (χ3v) is 6.49. The Labute approximate surface area is 175 Å². The van der Waals surface area contributed by atoms with E-state index in [1.54, 1.807) is 13.2 Å². The molecule has 4 rings (SSSR count). The molecule has 0 saturated heterocycles. The number of Topliss-reactive ketones (excluding diaryl/α,β-unsaturated/α-hetero) is 1. The summed E-state index contributed by atoms with van der Waals surface area (Å²) in [5.74, 6) is 0.797. The van der Waals surface area contributed by atoms with E-state index in [-0.39, 0.29) is 18.3 Å². The molecule has 2 atom stereocenters. The summed E-state index contributed by atoms with van der Waals surface area (Å²) in [6.45, 7) is 2.06. The number of carbonyl (C=O) groups is 2. The van der Waals surface area contributed by atoms with Gasteiger partial charge in [0.25, 0.3) is 0 Å². The van der Waals surface area contributed by atoms with E-state index >= 15 is 0 Å².